The van der Waals surface area contributed by atoms with E-state index in [9.17, 15) is 4.79 Å². The zero-order chi connectivity index (χ0) is 16.2. The summed E-state index contributed by atoms with van der Waals surface area (Å²) >= 11 is 0. The van der Waals surface area contributed by atoms with Gasteiger partial charge in [-0.1, -0.05) is 6.07 Å². The first-order valence-electron chi connectivity index (χ1n) is 8.42. The molecule has 1 fully saturated rings. The van der Waals surface area contributed by atoms with Crippen molar-refractivity contribution in [3.05, 3.63) is 29.1 Å². The molecule has 0 spiro atoms. The predicted octanol–water partition coefficient (Wildman–Crippen LogP) is 2.66. The van der Waals surface area contributed by atoms with E-state index in [0.29, 0.717) is 18.9 Å². The normalized spacial score (nSPS) is 18.3. The molecule has 1 atom stereocenters. The van der Waals surface area contributed by atoms with Gasteiger partial charge in [-0.2, -0.15) is 0 Å². The maximum atomic E-state index is 12.0. The fourth-order valence-corrected chi connectivity index (χ4v) is 3.11. The SMILES string of the molecule is Cc1ccc2[nH]c(CCNC(=O)C[C@@H]3CCCOC3)nc2c1C. The Kier molecular flexibility index (Phi) is 4.96. The number of aryl methyl sites for hydroxylation is 2. The van der Waals surface area contributed by atoms with E-state index in [2.05, 4.69) is 41.3 Å². The zero-order valence-electron chi connectivity index (χ0n) is 13.9. The van der Waals surface area contributed by atoms with Gasteiger partial charge in [-0.15, -0.1) is 0 Å². The Morgan fingerprint density at radius 2 is 2.30 bits per heavy atom. The second-order valence-electron chi connectivity index (χ2n) is 6.47. The van der Waals surface area contributed by atoms with Gasteiger partial charge in [0.05, 0.1) is 11.0 Å². The molecule has 23 heavy (non-hydrogen) atoms. The number of benzene rings is 1. The molecule has 0 saturated carbocycles. The lowest BCUT2D eigenvalue weighted by Crippen LogP contribution is -2.30. The Bertz CT molecular complexity index is 687. The number of imidazole rings is 1. The summed E-state index contributed by atoms with van der Waals surface area (Å²) in [6, 6.07) is 4.17. The van der Waals surface area contributed by atoms with Crippen LogP contribution in [-0.2, 0) is 16.0 Å². The average molecular weight is 315 g/mol. The monoisotopic (exact) mass is 315 g/mol. The van der Waals surface area contributed by atoms with E-state index in [0.717, 1.165) is 49.3 Å². The van der Waals surface area contributed by atoms with Crippen molar-refractivity contribution in [3.8, 4) is 0 Å². The van der Waals surface area contributed by atoms with Gasteiger partial charge in [0.25, 0.3) is 0 Å². The van der Waals surface area contributed by atoms with E-state index in [-0.39, 0.29) is 5.91 Å². The Labute approximate surface area is 136 Å². The lowest BCUT2D eigenvalue weighted by Gasteiger charge is -2.21. The minimum Gasteiger partial charge on any atom is -0.381 e. The number of amides is 1. The van der Waals surface area contributed by atoms with Crippen LogP contribution in [0.25, 0.3) is 11.0 Å². The van der Waals surface area contributed by atoms with Crippen LogP contribution in [0.3, 0.4) is 0 Å². The zero-order valence-corrected chi connectivity index (χ0v) is 13.9. The smallest absolute Gasteiger partial charge is 0.220 e. The van der Waals surface area contributed by atoms with Crippen LogP contribution in [-0.4, -0.2) is 35.6 Å². The highest BCUT2D eigenvalue weighted by atomic mass is 16.5. The van der Waals surface area contributed by atoms with Gasteiger partial charge in [0, 0.05) is 32.6 Å². The van der Waals surface area contributed by atoms with Crippen molar-refractivity contribution < 1.29 is 9.53 Å². The van der Waals surface area contributed by atoms with Crippen LogP contribution in [0.2, 0.25) is 0 Å². The number of carbonyl (C=O) groups is 1. The molecule has 0 bridgehead atoms. The molecule has 2 aromatic rings. The number of ether oxygens (including phenoxy) is 1. The quantitative estimate of drug-likeness (QED) is 0.891. The minimum atomic E-state index is 0.114. The van der Waals surface area contributed by atoms with Crippen molar-refractivity contribution in [3.63, 3.8) is 0 Å². The first-order valence-corrected chi connectivity index (χ1v) is 8.42. The summed E-state index contributed by atoms with van der Waals surface area (Å²) in [5, 5.41) is 2.99. The molecule has 3 rings (SSSR count). The maximum Gasteiger partial charge on any atom is 0.220 e. The number of hydrogen-bond donors (Lipinski definition) is 2. The summed E-state index contributed by atoms with van der Waals surface area (Å²) in [7, 11) is 0. The van der Waals surface area contributed by atoms with Crippen LogP contribution in [0.5, 0.6) is 0 Å². The molecule has 124 valence electrons. The molecule has 1 aromatic heterocycles. The molecule has 1 amide bonds. The third kappa shape index (κ3) is 3.91. The third-order valence-corrected chi connectivity index (χ3v) is 4.64. The molecule has 0 aliphatic carbocycles. The number of nitrogens with zero attached hydrogens (tertiary/aromatic N) is 1. The molecule has 2 N–H and O–H groups in total. The van der Waals surface area contributed by atoms with E-state index in [1.807, 2.05) is 0 Å². The summed E-state index contributed by atoms with van der Waals surface area (Å²) in [5.74, 6) is 1.42. The Morgan fingerprint density at radius 1 is 1.43 bits per heavy atom. The van der Waals surface area contributed by atoms with Crippen LogP contribution in [0.4, 0.5) is 0 Å². The van der Waals surface area contributed by atoms with E-state index >= 15 is 0 Å². The Hall–Kier alpha value is -1.88. The van der Waals surface area contributed by atoms with Crippen LogP contribution >= 0.6 is 0 Å². The largest absolute Gasteiger partial charge is 0.381 e. The molecule has 0 radical (unpaired) electrons. The van der Waals surface area contributed by atoms with E-state index in [4.69, 9.17) is 4.74 Å². The summed E-state index contributed by atoms with van der Waals surface area (Å²) in [6.07, 6.45) is 3.45. The molecule has 5 nitrogen and oxygen atoms in total. The van der Waals surface area contributed by atoms with E-state index < -0.39 is 0 Å². The van der Waals surface area contributed by atoms with Crippen molar-refractivity contribution in [1.82, 2.24) is 15.3 Å². The molecule has 5 heteroatoms. The fraction of sp³-hybridized carbons (Fsp3) is 0.556. The topological polar surface area (TPSA) is 67.0 Å². The van der Waals surface area contributed by atoms with Gasteiger partial charge >= 0.3 is 0 Å². The van der Waals surface area contributed by atoms with Crippen molar-refractivity contribution in [1.29, 1.82) is 0 Å². The number of aromatic amines is 1. The minimum absolute atomic E-state index is 0.114. The van der Waals surface area contributed by atoms with Gasteiger partial charge in [0.2, 0.25) is 5.91 Å². The molecule has 1 saturated heterocycles. The van der Waals surface area contributed by atoms with Crippen molar-refractivity contribution in [2.24, 2.45) is 5.92 Å². The lowest BCUT2D eigenvalue weighted by molar-refractivity contribution is -0.123. The second kappa shape index (κ2) is 7.13. The van der Waals surface area contributed by atoms with Gasteiger partial charge in [-0.25, -0.2) is 4.98 Å². The number of rotatable bonds is 5. The molecular formula is C18H25N3O2. The standard InChI is InChI=1S/C18H25N3O2/c1-12-5-6-15-18(13(12)2)21-16(20-15)7-8-19-17(22)10-14-4-3-9-23-11-14/h5-6,14H,3-4,7-11H2,1-2H3,(H,19,22)(H,20,21)/t14-/m0/s1. The lowest BCUT2D eigenvalue weighted by atomic mass is 9.98. The molecule has 1 aromatic carbocycles. The van der Waals surface area contributed by atoms with Gasteiger partial charge in [-0.05, 0) is 49.8 Å². The summed E-state index contributed by atoms with van der Waals surface area (Å²) in [6.45, 7) is 6.36. The number of H-pyrrole nitrogens is 1. The first kappa shape index (κ1) is 16.0. The Balaban J connectivity index is 1.50. The van der Waals surface area contributed by atoms with Crippen molar-refractivity contribution in [2.75, 3.05) is 19.8 Å². The molecule has 2 heterocycles. The van der Waals surface area contributed by atoms with Crippen LogP contribution < -0.4 is 5.32 Å². The highest BCUT2D eigenvalue weighted by Crippen LogP contribution is 2.19. The van der Waals surface area contributed by atoms with E-state index in [1.165, 1.54) is 11.1 Å². The highest BCUT2D eigenvalue weighted by Gasteiger charge is 2.17. The fourth-order valence-electron chi connectivity index (χ4n) is 3.11. The molecule has 1 aliphatic heterocycles. The number of hydrogen-bond acceptors (Lipinski definition) is 3. The second-order valence-corrected chi connectivity index (χ2v) is 6.47. The van der Waals surface area contributed by atoms with Crippen LogP contribution in [0.15, 0.2) is 12.1 Å². The number of carbonyl (C=O) groups excluding carboxylic acids is 1. The van der Waals surface area contributed by atoms with Gasteiger partial charge in [0.15, 0.2) is 0 Å². The van der Waals surface area contributed by atoms with Gasteiger partial charge in [-0.3, -0.25) is 4.79 Å². The molecule has 1 aliphatic rings. The number of nitrogens with one attached hydrogen (secondary N) is 2. The third-order valence-electron chi connectivity index (χ3n) is 4.64. The van der Waals surface area contributed by atoms with E-state index in [1.54, 1.807) is 0 Å². The van der Waals surface area contributed by atoms with Crippen molar-refractivity contribution in [2.45, 2.75) is 39.5 Å². The predicted molar refractivity (Wildman–Crippen MR) is 90.4 cm³/mol. The highest BCUT2D eigenvalue weighted by molar-refractivity contribution is 5.80. The van der Waals surface area contributed by atoms with Crippen molar-refractivity contribution >= 4 is 16.9 Å². The van der Waals surface area contributed by atoms with Gasteiger partial charge in [0.1, 0.15) is 5.82 Å². The maximum absolute atomic E-state index is 12.0. The summed E-state index contributed by atoms with van der Waals surface area (Å²) in [5.41, 5.74) is 4.56. The summed E-state index contributed by atoms with van der Waals surface area (Å²) < 4.78 is 5.42. The molecule has 0 unspecified atom stereocenters. The van der Waals surface area contributed by atoms with Gasteiger partial charge < -0.3 is 15.0 Å². The molecular weight excluding hydrogens is 290 g/mol. The Morgan fingerprint density at radius 3 is 3.09 bits per heavy atom. The van der Waals surface area contributed by atoms with Crippen LogP contribution in [0.1, 0.15) is 36.2 Å². The number of fused-ring (bicyclic) bond motifs is 1. The van der Waals surface area contributed by atoms with Crippen LogP contribution in [0, 0.1) is 19.8 Å². The average Bonchev–Trinajstić information content (AvgIpc) is 2.96. The first-order chi connectivity index (χ1) is 11.1. The number of aromatic nitrogens is 2. The summed E-state index contributed by atoms with van der Waals surface area (Å²) in [4.78, 5) is 20.0.